The van der Waals surface area contributed by atoms with E-state index in [4.69, 9.17) is 9.47 Å². The molecule has 0 bridgehead atoms. The minimum atomic E-state index is -1.31. The molecular weight excluding hydrogens is 402 g/mol. The maximum absolute atomic E-state index is 13.3. The van der Waals surface area contributed by atoms with Crippen molar-refractivity contribution in [2.45, 2.75) is 46.1 Å². The molecule has 2 aliphatic rings. The number of rotatable bonds is 3. The summed E-state index contributed by atoms with van der Waals surface area (Å²) in [5.74, 6) is -0.307. The third-order valence-corrected chi connectivity index (χ3v) is 5.73. The van der Waals surface area contributed by atoms with E-state index in [0.29, 0.717) is 26.2 Å². The molecule has 3 rings (SSSR count). The SMILES string of the molecule is CC(C)(C)[C@H]1OC[C@@](C)(C(=O)N2CCN(C(=O)OCc3ccccc3)CC2)N1C(=O)O. The lowest BCUT2D eigenvalue weighted by Crippen LogP contribution is -2.63. The second-order valence-electron chi connectivity index (χ2n) is 9.28. The van der Waals surface area contributed by atoms with Gasteiger partial charge in [0.2, 0.25) is 0 Å². The van der Waals surface area contributed by atoms with Crippen molar-refractivity contribution in [1.82, 2.24) is 14.7 Å². The molecule has 31 heavy (non-hydrogen) atoms. The molecule has 170 valence electrons. The summed E-state index contributed by atoms with van der Waals surface area (Å²) in [6, 6.07) is 9.42. The van der Waals surface area contributed by atoms with Gasteiger partial charge in [0, 0.05) is 31.6 Å². The van der Waals surface area contributed by atoms with Crippen LogP contribution in [0.5, 0.6) is 0 Å². The predicted octanol–water partition coefficient (Wildman–Crippen LogP) is 2.61. The van der Waals surface area contributed by atoms with Gasteiger partial charge in [-0.3, -0.25) is 9.69 Å². The van der Waals surface area contributed by atoms with E-state index in [1.807, 2.05) is 51.1 Å². The first-order valence-corrected chi connectivity index (χ1v) is 10.4. The number of hydrogen-bond donors (Lipinski definition) is 1. The number of carbonyl (C=O) groups is 3. The summed E-state index contributed by atoms with van der Waals surface area (Å²) < 4.78 is 11.1. The molecular formula is C22H31N3O6. The van der Waals surface area contributed by atoms with Gasteiger partial charge in [0.15, 0.2) is 0 Å². The van der Waals surface area contributed by atoms with Crippen molar-refractivity contribution in [1.29, 1.82) is 0 Å². The Labute approximate surface area is 182 Å². The molecule has 9 heteroatoms. The molecule has 3 amide bonds. The lowest BCUT2D eigenvalue weighted by atomic mass is 9.91. The number of nitrogens with zero attached hydrogens (tertiary/aromatic N) is 3. The number of piperazine rings is 1. The zero-order chi connectivity index (χ0) is 22.8. The molecule has 0 spiro atoms. The zero-order valence-corrected chi connectivity index (χ0v) is 18.5. The van der Waals surface area contributed by atoms with E-state index >= 15 is 0 Å². The van der Waals surface area contributed by atoms with Crippen LogP contribution in [0.3, 0.4) is 0 Å². The summed E-state index contributed by atoms with van der Waals surface area (Å²) in [5.41, 5.74) is -0.877. The lowest BCUT2D eigenvalue weighted by Gasteiger charge is -2.42. The van der Waals surface area contributed by atoms with Crippen LogP contribution in [0.2, 0.25) is 0 Å². The molecule has 0 radical (unpaired) electrons. The summed E-state index contributed by atoms with van der Waals surface area (Å²) in [6.07, 6.45) is -2.32. The third kappa shape index (κ3) is 4.76. The van der Waals surface area contributed by atoms with Crippen molar-refractivity contribution >= 4 is 18.1 Å². The number of benzene rings is 1. The Morgan fingerprint density at radius 1 is 1.10 bits per heavy atom. The molecule has 0 aromatic heterocycles. The van der Waals surface area contributed by atoms with Crippen molar-refractivity contribution in [2.75, 3.05) is 32.8 Å². The highest BCUT2D eigenvalue weighted by atomic mass is 16.6. The van der Waals surface area contributed by atoms with E-state index in [2.05, 4.69) is 0 Å². The van der Waals surface area contributed by atoms with Gasteiger partial charge in [0.25, 0.3) is 5.91 Å². The summed E-state index contributed by atoms with van der Waals surface area (Å²) in [4.78, 5) is 42.0. The number of ether oxygens (including phenoxy) is 2. The van der Waals surface area contributed by atoms with Crippen LogP contribution in [0.1, 0.15) is 33.3 Å². The molecule has 2 heterocycles. The van der Waals surface area contributed by atoms with Gasteiger partial charge < -0.3 is 24.4 Å². The predicted molar refractivity (Wildman–Crippen MR) is 112 cm³/mol. The van der Waals surface area contributed by atoms with Crippen molar-refractivity contribution in [3.8, 4) is 0 Å². The number of amides is 3. The maximum atomic E-state index is 13.3. The summed E-state index contributed by atoms with van der Waals surface area (Å²) in [6.45, 7) is 8.70. The molecule has 1 aromatic rings. The van der Waals surface area contributed by atoms with Gasteiger partial charge in [-0.05, 0) is 12.5 Å². The van der Waals surface area contributed by atoms with Gasteiger partial charge in [0.05, 0.1) is 6.61 Å². The van der Waals surface area contributed by atoms with E-state index in [1.54, 1.807) is 16.7 Å². The van der Waals surface area contributed by atoms with Crippen LogP contribution in [0.4, 0.5) is 9.59 Å². The largest absolute Gasteiger partial charge is 0.465 e. The lowest BCUT2D eigenvalue weighted by molar-refractivity contribution is -0.143. The highest BCUT2D eigenvalue weighted by molar-refractivity contribution is 5.90. The van der Waals surface area contributed by atoms with E-state index in [9.17, 15) is 19.5 Å². The van der Waals surface area contributed by atoms with Gasteiger partial charge >= 0.3 is 12.2 Å². The fourth-order valence-corrected chi connectivity index (χ4v) is 4.00. The third-order valence-electron chi connectivity index (χ3n) is 5.73. The quantitative estimate of drug-likeness (QED) is 0.787. The molecule has 1 aromatic carbocycles. The Hall–Kier alpha value is -2.81. The smallest absolute Gasteiger partial charge is 0.410 e. The van der Waals surface area contributed by atoms with Gasteiger partial charge in [-0.1, -0.05) is 51.1 Å². The van der Waals surface area contributed by atoms with Gasteiger partial charge in [0.1, 0.15) is 18.4 Å². The summed E-state index contributed by atoms with van der Waals surface area (Å²) in [7, 11) is 0. The monoisotopic (exact) mass is 433 g/mol. The topological polar surface area (TPSA) is 99.6 Å². The standard InChI is InChI=1S/C22H31N3O6/c1-21(2,3)18-25(19(27)28)22(4,15-31-18)17(26)23-10-12-24(13-11-23)20(29)30-14-16-8-6-5-7-9-16/h5-9,18H,10-15H2,1-4H3,(H,27,28)/t18-,22+/m1/s1. The van der Waals surface area contributed by atoms with Crippen molar-refractivity contribution in [3.63, 3.8) is 0 Å². The summed E-state index contributed by atoms with van der Waals surface area (Å²) in [5, 5.41) is 9.80. The van der Waals surface area contributed by atoms with E-state index in [0.717, 1.165) is 10.5 Å². The minimum absolute atomic E-state index is 0.000594. The first-order valence-electron chi connectivity index (χ1n) is 10.4. The van der Waals surface area contributed by atoms with Crippen LogP contribution < -0.4 is 0 Å². The average Bonchev–Trinajstić information content (AvgIpc) is 3.11. The van der Waals surface area contributed by atoms with E-state index in [1.165, 1.54) is 0 Å². The fraction of sp³-hybridized carbons (Fsp3) is 0.591. The fourth-order valence-electron chi connectivity index (χ4n) is 4.00. The Kier molecular flexibility index (Phi) is 6.45. The average molecular weight is 434 g/mol. The van der Waals surface area contributed by atoms with Crippen LogP contribution in [0.15, 0.2) is 30.3 Å². The molecule has 9 nitrogen and oxygen atoms in total. The van der Waals surface area contributed by atoms with Gasteiger partial charge in [-0.15, -0.1) is 0 Å². The van der Waals surface area contributed by atoms with E-state index < -0.39 is 29.4 Å². The molecule has 2 fully saturated rings. The molecule has 2 aliphatic heterocycles. The van der Waals surface area contributed by atoms with E-state index in [-0.39, 0.29) is 19.1 Å². The molecule has 0 unspecified atom stereocenters. The van der Waals surface area contributed by atoms with Crippen LogP contribution in [0.25, 0.3) is 0 Å². The Morgan fingerprint density at radius 2 is 1.68 bits per heavy atom. The Balaban J connectivity index is 1.59. The highest BCUT2D eigenvalue weighted by Gasteiger charge is 2.56. The van der Waals surface area contributed by atoms with Crippen molar-refractivity contribution in [2.24, 2.45) is 5.41 Å². The molecule has 0 aliphatic carbocycles. The zero-order valence-electron chi connectivity index (χ0n) is 18.5. The molecule has 0 saturated carbocycles. The van der Waals surface area contributed by atoms with Gasteiger partial charge in [-0.2, -0.15) is 0 Å². The minimum Gasteiger partial charge on any atom is -0.465 e. The molecule has 2 atom stereocenters. The van der Waals surface area contributed by atoms with Crippen LogP contribution in [-0.4, -0.2) is 82.5 Å². The van der Waals surface area contributed by atoms with Crippen molar-refractivity contribution < 1.29 is 29.0 Å². The Morgan fingerprint density at radius 3 is 2.23 bits per heavy atom. The molecule has 2 saturated heterocycles. The normalized spacial score (nSPS) is 24.3. The number of carbonyl (C=O) groups excluding carboxylic acids is 2. The van der Waals surface area contributed by atoms with Crippen LogP contribution >= 0.6 is 0 Å². The second-order valence-corrected chi connectivity index (χ2v) is 9.28. The van der Waals surface area contributed by atoms with Crippen LogP contribution in [-0.2, 0) is 20.9 Å². The first-order chi connectivity index (χ1) is 14.5. The maximum Gasteiger partial charge on any atom is 0.410 e. The van der Waals surface area contributed by atoms with Crippen LogP contribution in [0, 0.1) is 5.41 Å². The second kappa shape index (κ2) is 8.74. The highest BCUT2D eigenvalue weighted by Crippen LogP contribution is 2.38. The molecule has 1 N–H and O–H groups in total. The first kappa shape index (κ1) is 22.9. The Bertz CT molecular complexity index is 816. The number of carboxylic acid groups (broad SMARTS) is 1. The summed E-state index contributed by atoms with van der Waals surface area (Å²) >= 11 is 0. The number of hydrogen-bond acceptors (Lipinski definition) is 5. The van der Waals surface area contributed by atoms with Gasteiger partial charge in [-0.25, -0.2) is 9.59 Å². The van der Waals surface area contributed by atoms with Crippen molar-refractivity contribution in [3.05, 3.63) is 35.9 Å².